The van der Waals surface area contributed by atoms with E-state index in [1.807, 2.05) is 19.1 Å². The van der Waals surface area contributed by atoms with Crippen molar-refractivity contribution in [2.75, 3.05) is 20.2 Å². The predicted octanol–water partition coefficient (Wildman–Crippen LogP) is 3.80. The molecule has 0 aromatic heterocycles. The number of nitrogens with one attached hydrogen (secondary N) is 2. The van der Waals surface area contributed by atoms with Crippen LogP contribution in [0.4, 0.5) is 0 Å². The van der Waals surface area contributed by atoms with Crippen molar-refractivity contribution in [1.82, 2.24) is 10.6 Å². The summed E-state index contributed by atoms with van der Waals surface area (Å²) in [5.74, 6) is 2.51. The second-order valence-corrected chi connectivity index (χ2v) is 5.47. The molecule has 1 rings (SSSR count). The smallest absolute Gasteiger partial charge is 0.191 e. The van der Waals surface area contributed by atoms with Gasteiger partial charge < -0.3 is 15.4 Å². The second-order valence-electron chi connectivity index (χ2n) is 5.47. The van der Waals surface area contributed by atoms with Crippen molar-refractivity contribution in [3.05, 3.63) is 29.8 Å². The largest absolute Gasteiger partial charge is 0.494 e. The van der Waals surface area contributed by atoms with Crippen LogP contribution in [0.15, 0.2) is 29.3 Å². The van der Waals surface area contributed by atoms with Gasteiger partial charge in [-0.25, -0.2) is 0 Å². The Balaban J connectivity index is 0.00000441. The molecule has 1 aromatic carbocycles. The van der Waals surface area contributed by atoms with Gasteiger partial charge in [-0.2, -0.15) is 0 Å². The summed E-state index contributed by atoms with van der Waals surface area (Å²) in [6.07, 6.45) is 2.40. The van der Waals surface area contributed by atoms with Gasteiger partial charge in [0.05, 0.1) is 6.61 Å². The van der Waals surface area contributed by atoms with E-state index in [9.17, 15) is 0 Å². The number of ether oxygens (including phenoxy) is 1. The van der Waals surface area contributed by atoms with Crippen molar-refractivity contribution in [2.45, 2.75) is 40.2 Å². The van der Waals surface area contributed by atoms with Crippen molar-refractivity contribution in [2.24, 2.45) is 10.9 Å². The third-order valence-corrected chi connectivity index (χ3v) is 3.14. The molecular formula is C17H30IN3O. The Bertz CT molecular complexity index is 436. The summed E-state index contributed by atoms with van der Waals surface area (Å²) in [6.45, 7) is 8.88. The van der Waals surface area contributed by atoms with Gasteiger partial charge in [-0.15, -0.1) is 24.0 Å². The van der Waals surface area contributed by atoms with Gasteiger partial charge in [0, 0.05) is 20.1 Å². The molecule has 0 aliphatic rings. The Hall–Kier alpha value is -0.980. The second kappa shape index (κ2) is 12.6. The zero-order valence-electron chi connectivity index (χ0n) is 14.2. The first kappa shape index (κ1) is 21.0. The molecule has 0 aliphatic carbocycles. The van der Waals surface area contributed by atoms with Gasteiger partial charge in [0.1, 0.15) is 5.75 Å². The summed E-state index contributed by atoms with van der Waals surface area (Å²) < 4.78 is 5.51. The number of aliphatic imine (C=N–C) groups is 1. The first-order valence-electron chi connectivity index (χ1n) is 7.82. The van der Waals surface area contributed by atoms with Gasteiger partial charge in [0.15, 0.2) is 5.96 Å². The highest BCUT2D eigenvalue weighted by Gasteiger charge is 2.00. The average Bonchev–Trinajstić information content (AvgIpc) is 2.47. The monoisotopic (exact) mass is 419 g/mol. The zero-order chi connectivity index (χ0) is 15.5. The number of hydrogen-bond acceptors (Lipinski definition) is 2. The minimum absolute atomic E-state index is 0. The first-order valence-corrected chi connectivity index (χ1v) is 7.82. The van der Waals surface area contributed by atoms with E-state index < -0.39 is 0 Å². The molecule has 0 atom stereocenters. The van der Waals surface area contributed by atoms with Gasteiger partial charge in [0.25, 0.3) is 0 Å². The number of guanidine groups is 1. The van der Waals surface area contributed by atoms with Crippen molar-refractivity contribution in [3.63, 3.8) is 0 Å². The Kier molecular flexibility index (Phi) is 12.0. The molecule has 0 spiro atoms. The Morgan fingerprint density at radius 1 is 1.27 bits per heavy atom. The molecule has 0 saturated heterocycles. The predicted molar refractivity (Wildman–Crippen MR) is 105 cm³/mol. The van der Waals surface area contributed by atoms with Crippen LogP contribution in [0.1, 0.15) is 39.2 Å². The molecule has 126 valence electrons. The summed E-state index contributed by atoms with van der Waals surface area (Å²) in [5, 5.41) is 6.67. The summed E-state index contributed by atoms with van der Waals surface area (Å²) in [5.41, 5.74) is 1.19. The van der Waals surface area contributed by atoms with Crippen LogP contribution in [0.5, 0.6) is 5.75 Å². The van der Waals surface area contributed by atoms with Crippen LogP contribution in [0, 0.1) is 5.92 Å². The maximum Gasteiger partial charge on any atom is 0.191 e. The van der Waals surface area contributed by atoms with E-state index in [0.717, 1.165) is 37.1 Å². The molecule has 0 bridgehead atoms. The number of halogens is 1. The van der Waals surface area contributed by atoms with Crippen LogP contribution in [-0.4, -0.2) is 26.2 Å². The van der Waals surface area contributed by atoms with Crippen LogP contribution in [0.3, 0.4) is 0 Å². The van der Waals surface area contributed by atoms with E-state index in [1.54, 1.807) is 7.05 Å². The molecule has 0 fully saturated rings. The quantitative estimate of drug-likeness (QED) is 0.292. The SMILES string of the molecule is CCOc1cccc(CNC(=NC)NCCCC(C)C)c1.I. The normalized spacial score (nSPS) is 11.0. The van der Waals surface area contributed by atoms with Gasteiger partial charge >= 0.3 is 0 Å². The molecule has 0 aliphatic heterocycles. The first-order chi connectivity index (χ1) is 10.2. The zero-order valence-corrected chi connectivity index (χ0v) is 16.5. The van der Waals surface area contributed by atoms with Crippen molar-refractivity contribution < 1.29 is 4.74 Å². The molecule has 0 radical (unpaired) electrons. The van der Waals surface area contributed by atoms with Crippen molar-refractivity contribution >= 4 is 29.9 Å². The molecule has 0 unspecified atom stereocenters. The molecule has 1 aromatic rings. The fraction of sp³-hybridized carbons (Fsp3) is 0.588. The number of nitrogens with zero attached hydrogens (tertiary/aromatic N) is 1. The molecule has 0 saturated carbocycles. The van der Waals surface area contributed by atoms with Crippen LogP contribution in [0.25, 0.3) is 0 Å². The van der Waals surface area contributed by atoms with E-state index in [0.29, 0.717) is 6.61 Å². The van der Waals surface area contributed by atoms with Crippen molar-refractivity contribution in [1.29, 1.82) is 0 Å². The maximum absolute atomic E-state index is 5.51. The minimum atomic E-state index is 0. The summed E-state index contributed by atoms with van der Waals surface area (Å²) in [4.78, 5) is 4.24. The van der Waals surface area contributed by atoms with Gasteiger partial charge in [-0.1, -0.05) is 26.0 Å². The molecule has 0 amide bonds. The molecule has 4 nitrogen and oxygen atoms in total. The standard InChI is InChI=1S/C17H29N3O.HI/c1-5-21-16-10-6-9-15(12-16)13-20-17(18-4)19-11-7-8-14(2)3;/h6,9-10,12,14H,5,7-8,11,13H2,1-4H3,(H2,18,19,20);1H. The van der Waals surface area contributed by atoms with E-state index >= 15 is 0 Å². The van der Waals surface area contributed by atoms with Crippen molar-refractivity contribution in [3.8, 4) is 5.75 Å². The van der Waals surface area contributed by atoms with Crippen LogP contribution < -0.4 is 15.4 Å². The lowest BCUT2D eigenvalue weighted by molar-refractivity contribution is 0.340. The highest BCUT2D eigenvalue weighted by Crippen LogP contribution is 2.12. The fourth-order valence-electron chi connectivity index (χ4n) is 2.04. The fourth-order valence-corrected chi connectivity index (χ4v) is 2.04. The lowest BCUT2D eigenvalue weighted by Gasteiger charge is -2.13. The average molecular weight is 419 g/mol. The van der Waals surface area contributed by atoms with E-state index in [2.05, 4.69) is 41.6 Å². The summed E-state index contributed by atoms with van der Waals surface area (Å²) >= 11 is 0. The number of rotatable bonds is 8. The van der Waals surface area contributed by atoms with Crippen LogP contribution in [-0.2, 0) is 6.54 Å². The molecular weight excluding hydrogens is 389 g/mol. The Morgan fingerprint density at radius 2 is 2.05 bits per heavy atom. The van der Waals surface area contributed by atoms with Gasteiger partial charge in [-0.3, -0.25) is 4.99 Å². The van der Waals surface area contributed by atoms with E-state index in [4.69, 9.17) is 4.74 Å². The molecule has 2 N–H and O–H groups in total. The third-order valence-electron chi connectivity index (χ3n) is 3.14. The number of hydrogen-bond donors (Lipinski definition) is 2. The van der Waals surface area contributed by atoms with Crippen LogP contribution >= 0.6 is 24.0 Å². The van der Waals surface area contributed by atoms with E-state index in [-0.39, 0.29) is 24.0 Å². The highest BCUT2D eigenvalue weighted by molar-refractivity contribution is 14.0. The topological polar surface area (TPSA) is 45.6 Å². The summed E-state index contributed by atoms with van der Waals surface area (Å²) in [6, 6.07) is 8.14. The Morgan fingerprint density at radius 3 is 2.68 bits per heavy atom. The van der Waals surface area contributed by atoms with Crippen LogP contribution in [0.2, 0.25) is 0 Å². The third kappa shape index (κ3) is 9.12. The highest BCUT2D eigenvalue weighted by atomic mass is 127. The summed E-state index contributed by atoms with van der Waals surface area (Å²) in [7, 11) is 1.80. The maximum atomic E-state index is 5.51. The number of benzene rings is 1. The van der Waals surface area contributed by atoms with Gasteiger partial charge in [0.2, 0.25) is 0 Å². The molecule has 22 heavy (non-hydrogen) atoms. The Labute approximate surface area is 152 Å². The van der Waals surface area contributed by atoms with E-state index in [1.165, 1.54) is 12.0 Å². The van der Waals surface area contributed by atoms with Gasteiger partial charge in [-0.05, 0) is 43.4 Å². The minimum Gasteiger partial charge on any atom is -0.494 e. The molecule has 0 heterocycles. The lowest BCUT2D eigenvalue weighted by atomic mass is 10.1. The molecule has 5 heteroatoms. The lowest BCUT2D eigenvalue weighted by Crippen LogP contribution is -2.37.